The van der Waals surface area contributed by atoms with Crippen molar-refractivity contribution in [3.05, 3.63) is 35.4 Å². The van der Waals surface area contributed by atoms with Crippen molar-refractivity contribution >= 4 is 23.2 Å². The van der Waals surface area contributed by atoms with Crippen molar-refractivity contribution in [3.8, 4) is 0 Å². The summed E-state index contributed by atoms with van der Waals surface area (Å²) >= 11 is 0. The van der Waals surface area contributed by atoms with Crippen molar-refractivity contribution in [2.75, 3.05) is 23.4 Å². The molecule has 1 amide bonds. The van der Waals surface area contributed by atoms with Crippen LogP contribution in [0.3, 0.4) is 0 Å². The third-order valence-corrected chi connectivity index (χ3v) is 5.91. The average molecular weight is 460 g/mol. The van der Waals surface area contributed by atoms with Gasteiger partial charge in [0.05, 0.1) is 11.3 Å². The number of carbonyl (C=O) groups excluding carboxylic acids is 1. The molecule has 3 heterocycles. The molecule has 0 radical (unpaired) electrons. The van der Waals surface area contributed by atoms with Crippen LogP contribution >= 0.6 is 0 Å². The van der Waals surface area contributed by atoms with E-state index in [0.29, 0.717) is 43.3 Å². The first-order valence-corrected chi connectivity index (χ1v) is 11.3. The molecule has 4 rings (SSSR count). The molecule has 0 aromatic carbocycles. The first-order valence-electron chi connectivity index (χ1n) is 11.3. The maximum Gasteiger partial charge on any atom is 0.303 e. The summed E-state index contributed by atoms with van der Waals surface area (Å²) in [4.78, 5) is 26.3. The Kier molecular flexibility index (Phi) is 5.88. The van der Waals surface area contributed by atoms with Crippen molar-refractivity contribution < 1.29 is 18.3 Å². The Bertz CT molecular complexity index is 1060. The fourth-order valence-corrected chi connectivity index (χ4v) is 4.16. The van der Waals surface area contributed by atoms with E-state index in [1.807, 2.05) is 25.7 Å². The minimum atomic E-state index is -3.16. The number of aryl methyl sites for hydroxylation is 1. The zero-order valence-electron chi connectivity index (χ0n) is 19.8. The van der Waals surface area contributed by atoms with Crippen molar-refractivity contribution in [2.45, 2.75) is 77.2 Å². The highest BCUT2D eigenvalue weighted by Gasteiger charge is 2.52. The zero-order valence-corrected chi connectivity index (χ0v) is 19.8. The number of hydrogen-bond acceptors (Lipinski definition) is 6. The Morgan fingerprint density at radius 2 is 1.94 bits per heavy atom. The van der Waals surface area contributed by atoms with Gasteiger partial charge in [-0.1, -0.05) is 0 Å². The summed E-state index contributed by atoms with van der Waals surface area (Å²) in [5.41, 5.74) is 2.19. The number of anilines is 3. The number of amides is 1. The minimum absolute atomic E-state index is 0.0301. The fraction of sp³-hybridized carbons (Fsp3) is 0.583. The van der Waals surface area contributed by atoms with Gasteiger partial charge in [0.25, 0.3) is 0 Å². The summed E-state index contributed by atoms with van der Waals surface area (Å²) < 4.78 is 34.3. The smallest absolute Gasteiger partial charge is 0.303 e. The van der Waals surface area contributed by atoms with Crippen LogP contribution in [0.2, 0.25) is 0 Å². The van der Waals surface area contributed by atoms with Crippen LogP contribution < -0.4 is 10.2 Å². The molecular weight excluding hydrogens is 428 g/mol. The number of carbonyl (C=O) groups is 1. The van der Waals surface area contributed by atoms with Gasteiger partial charge in [0.15, 0.2) is 0 Å². The molecule has 0 unspecified atom stereocenters. The zero-order chi connectivity index (χ0) is 24.0. The lowest BCUT2D eigenvalue weighted by atomic mass is 10.0. The lowest BCUT2D eigenvalue weighted by Gasteiger charge is -2.22. The van der Waals surface area contributed by atoms with E-state index in [-0.39, 0.29) is 16.9 Å². The first-order chi connectivity index (χ1) is 15.4. The summed E-state index contributed by atoms with van der Waals surface area (Å²) in [6.07, 6.45) is 4.98. The molecule has 1 aliphatic heterocycles. The van der Waals surface area contributed by atoms with E-state index in [4.69, 9.17) is 4.74 Å². The van der Waals surface area contributed by atoms with Crippen LogP contribution in [0.1, 0.15) is 71.0 Å². The van der Waals surface area contributed by atoms with Crippen LogP contribution in [-0.2, 0) is 27.3 Å². The predicted octanol–water partition coefficient (Wildman–Crippen LogP) is 4.87. The van der Waals surface area contributed by atoms with Gasteiger partial charge in [0.1, 0.15) is 11.6 Å². The fourth-order valence-electron chi connectivity index (χ4n) is 4.16. The molecular formula is C24H31F2N5O2. The minimum Gasteiger partial charge on any atom is -0.376 e. The Morgan fingerprint density at radius 1 is 1.21 bits per heavy atom. The van der Waals surface area contributed by atoms with Gasteiger partial charge < -0.3 is 15.0 Å². The summed E-state index contributed by atoms with van der Waals surface area (Å²) in [5, 5.41) is 2.70. The number of aromatic nitrogens is 3. The monoisotopic (exact) mass is 459 g/mol. The lowest BCUT2D eigenvalue weighted by Crippen LogP contribution is -2.23. The average Bonchev–Trinajstić information content (AvgIpc) is 3.40. The molecule has 1 saturated carbocycles. The maximum atomic E-state index is 14.3. The van der Waals surface area contributed by atoms with Gasteiger partial charge in [-0.3, -0.25) is 4.79 Å². The predicted molar refractivity (Wildman–Crippen MR) is 122 cm³/mol. The number of ether oxygens (including phenoxy) is 1. The Hall–Kier alpha value is -2.68. The van der Waals surface area contributed by atoms with E-state index in [1.54, 1.807) is 18.3 Å². The third-order valence-electron chi connectivity index (χ3n) is 5.91. The molecule has 1 spiro atoms. The van der Waals surface area contributed by atoms with Crippen LogP contribution in [-0.4, -0.2) is 39.6 Å². The molecule has 0 saturated heterocycles. The van der Waals surface area contributed by atoms with Crippen molar-refractivity contribution in [2.24, 2.45) is 0 Å². The Labute approximate surface area is 193 Å². The van der Waals surface area contributed by atoms with Gasteiger partial charge in [-0.05, 0) is 46.5 Å². The van der Waals surface area contributed by atoms with Crippen LogP contribution in [0, 0.1) is 0 Å². The number of hydrogen-bond donors (Lipinski definition) is 1. The van der Waals surface area contributed by atoms with Crippen molar-refractivity contribution in [3.63, 3.8) is 0 Å². The number of alkyl halides is 2. The standard InChI is InChI=1S/C24H31F2N5O2/c1-15(32)28-19-12-18-17(13-27-19)24(8-9-24)14-31(18)20-11-16(7-6-10-33-22(2,3)4)29-21(30-20)23(5,25)26/h11-13H,6-10,14H2,1-5H3,(H,27,28,32). The molecule has 33 heavy (non-hydrogen) atoms. The second kappa shape index (κ2) is 8.27. The van der Waals surface area contributed by atoms with E-state index < -0.39 is 11.7 Å². The number of halogens is 2. The quantitative estimate of drug-likeness (QED) is 0.595. The van der Waals surface area contributed by atoms with E-state index >= 15 is 0 Å². The van der Waals surface area contributed by atoms with Gasteiger partial charge in [0, 0.05) is 62.0 Å². The summed E-state index contributed by atoms with van der Waals surface area (Å²) in [6, 6.07) is 3.59. The normalized spacial score (nSPS) is 16.8. The molecule has 7 nitrogen and oxygen atoms in total. The molecule has 1 fully saturated rings. The van der Waals surface area contributed by atoms with Gasteiger partial charge in [-0.15, -0.1) is 0 Å². The molecule has 2 aromatic rings. The molecule has 0 atom stereocenters. The van der Waals surface area contributed by atoms with E-state index in [0.717, 1.165) is 31.0 Å². The highest BCUT2D eigenvalue weighted by atomic mass is 19.3. The van der Waals surface area contributed by atoms with Crippen LogP contribution in [0.15, 0.2) is 18.3 Å². The number of rotatable bonds is 7. The van der Waals surface area contributed by atoms with Crippen molar-refractivity contribution in [1.82, 2.24) is 15.0 Å². The third kappa shape index (κ3) is 5.29. The maximum absolute atomic E-state index is 14.3. The number of pyridine rings is 1. The topological polar surface area (TPSA) is 80.2 Å². The SMILES string of the molecule is CC(=O)Nc1cc2c(cn1)C1(CC1)CN2c1cc(CCCOC(C)(C)C)nc(C(C)(F)F)n1. The summed E-state index contributed by atoms with van der Waals surface area (Å²) in [5.74, 6) is -2.99. The first kappa shape index (κ1) is 23.5. The molecule has 2 aliphatic rings. The van der Waals surface area contributed by atoms with Crippen molar-refractivity contribution in [1.29, 1.82) is 0 Å². The van der Waals surface area contributed by atoms with Crippen LogP contribution in [0.4, 0.5) is 26.1 Å². The summed E-state index contributed by atoms with van der Waals surface area (Å²) in [7, 11) is 0. The van der Waals surface area contributed by atoms with Crippen LogP contribution in [0.25, 0.3) is 0 Å². The highest BCUT2D eigenvalue weighted by Crippen LogP contribution is 2.58. The van der Waals surface area contributed by atoms with E-state index in [9.17, 15) is 13.6 Å². The Morgan fingerprint density at radius 3 is 2.55 bits per heavy atom. The van der Waals surface area contributed by atoms with E-state index in [1.165, 1.54) is 6.92 Å². The number of nitrogens with zero attached hydrogens (tertiary/aromatic N) is 4. The van der Waals surface area contributed by atoms with Gasteiger partial charge in [-0.2, -0.15) is 8.78 Å². The Balaban J connectivity index is 1.66. The molecule has 1 N–H and O–H groups in total. The van der Waals surface area contributed by atoms with E-state index in [2.05, 4.69) is 20.3 Å². The number of nitrogens with one attached hydrogen (secondary N) is 1. The van der Waals surface area contributed by atoms with Gasteiger partial charge in [-0.25, -0.2) is 15.0 Å². The second-order valence-electron chi connectivity index (χ2n) is 10.1. The second-order valence-corrected chi connectivity index (χ2v) is 10.1. The van der Waals surface area contributed by atoms with Gasteiger partial charge in [0.2, 0.25) is 11.7 Å². The number of fused-ring (bicyclic) bond motifs is 2. The molecule has 0 bridgehead atoms. The molecule has 1 aliphatic carbocycles. The summed E-state index contributed by atoms with van der Waals surface area (Å²) in [6.45, 7) is 9.34. The highest BCUT2D eigenvalue weighted by molar-refractivity contribution is 5.89. The molecule has 9 heteroatoms. The lowest BCUT2D eigenvalue weighted by molar-refractivity contribution is -0.114. The molecule has 178 valence electrons. The van der Waals surface area contributed by atoms with Gasteiger partial charge >= 0.3 is 5.92 Å². The largest absolute Gasteiger partial charge is 0.376 e. The van der Waals surface area contributed by atoms with Crippen LogP contribution in [0.5, 0.6) is 0 Å². The molecule has 2 aromatic heterocycles.